The second-order valence-corrected chi connectivity index (χ2v) is 6.59. The maximum absolute atomic E-state index is 12.1. The van der Waals surface area contributed by atoms with Crippen LogP contribution >= 0.6 is 11.8 Å². The summed E-state index contributed by atoms with van der Waals surface area (Å²) in [5.74, 6) is 2.33. The maximum Gasteiger partial charge on any atom is 0.234 e. The van der Waals surface area contributed by atoms with Crippen molar-refractivity contribution in [2.24, 2.45) is 0 Å². The van der Waals surface area contributed by atoms with Gasteiger partial charge in [0.15, 0.2) is 11.5 Å². The van der Waals surface area contributed by atoms with Crippen molar-refractivity contribution in [3.05, 3.63) is 42.5 Å². The Balaban J connectivity index is 1.88. The molecule has 0 spiro atoms. The van der Waals surface area contributed by atoms with Gasteiger partial charge >= 0.3 is 0 Å². The molecule has 0 saturated carbocycles. The van der Waals surface area contributed by atoms with E-state index in [0.717, 1.165) is 16.3 Å². The number of methoxy groups -OCH3 is 2. The number of thioether (sulfide) groups is 1. The van der Waals surface area contributed by atoms with Crippen molar-refractivity contribution < 1.29 is 19.0 Å². The van der Waals surface area contributed by atoms with E-state index >= 15 is 0 Å². The van der Waals surface area contributed by atoms with Crippen molar-refractivity contribution in [2.45, 2.75) is 24.8 Å². The van der Waals surface area contributed by atoms with E-state index in [1.165, 1.54) is 11.8 Å². The Labute approximate surface area is 152 Å². The third kappa shape index (κ3) is 5.90. The van der Waals surface area contributed by atoms with E-state index in [1.54, 1.807) is 14.2 Å². The lowest BCUT2D eigenvalue weighted by Gasteiger charge is -2.11. The van der Waals surface area contributed by atoms with Gasteiger partial charge in [-0.1, -0.05) is 0 Å². The van der Waals surface area contributed by atoms with Gasteiger partial charge in [-0.2, -0.15) is 0 Å². The topological polar surface area (TPSA) is 56.8 Å². The summed E-state index contributed by atoms with van der Waals surface area (Å²) in [6.07, 6.45) is 0.123. The number of hydrogen-bond donors (Lipinski definition) is 1. The molecule has 0 aliphatic rings. The molecule has 1 N–H and O–H groups in total. The van der Waals surface area contributed by atoms with Gasteiger partial charge in [0.2, 0.25) is 5.91 Å². The molecule has 0 aliphatic heterocycles. The Bertz CT molecular complexity index is 701. The van der Waals surface area contributed by atoms with Gasteiger partial charge in [0.05, 0.1) is 26.1 Å². The first kappa shape index (κ1) is 19.0. The van der Waals surface area contributed by atoms with Crippen LogP contribution in [0.4, 0.5) is 5.69 Å². The summed E-state index contributed by atoms with van der Waals surface area (Å²) in [6.45, 7) is 3.95. The number of carbonyl (C=O) groups is 1. The number of anilines is 1. The van der Waals surface area contributed by atoms with E-state index in [-0.39, 0.29) is 12.0 Å². The molecule has 0 unspecified atom stereocenters. The maximum atomic E-state index is 12.1. The van der Waals surface area contributed by atoms with Crippen molar-refractivity contribution in [2.75, 3.05) is 25.3 Å². The summed E-state index contributed by atoms with van der Waals surface area (Å²) in [7, 11) is 3.18. The van der Waals surface area contributed by atoms with Crippen molar-refractivity contribution in [3.63, 3.8) is 0 Å². The lowest BCUT2D eigenvalue weighted by Crippen LogP contribution is -2.14. The molecule has 0 atom stereocenters. The largest absolute Gasteiger partial charge is 0.493 e. The second-order valence-electron chi connectivity index (χ2n) is 5.54. The fourth-order valence-corrected chi connectivity index (χ4v) is 2.87. The third-order valence-corrected chi connectivity index (χ3v) is 4.23. The van der Waals surface area contributed by atoms with Gasteiger partial charge in [0.1, 0.15) is 5.75 Å². The van der Waals surface area contributed by atoms with Gasteiger partial charge < -0.3 is 19.5 Å². The minimum atomic E-state index is -0.0719. The third-order valence-electron chi connectivity index (χ3n) is 3.23. The number of nitrogens with one attached hydrogen (secondary N) is 1. The molecular formula is C19H23NO4S. The molecule has 0 bridgehead atoms. The number of hydrogen-bond acceptors (Lipinski definition) is 5. The second kappa shape index (κ2) is 9.22. The highest BCUT2D eigenvalue weighted by Crippen LogP contribution is 2.31. The lowest BCUT2D eigenvalue weighted by atomic mass is 10.3. The fourth-order valence-electron chi connectivity index (χ4n) is 2.14. The summed E-state index contributed by atoms with van der Waals surface area (Å²) in [5, 5.41) is 2.87. The molecule has 0 heterocycles. The quantitative estimate of drug-likeness (QED) is 0.714. The summed E-state index contributed by atoms with van der Waals surface area (Å²) < 4.78 is 16.1. The van der Waals surface area contributed by atoms with Crippen LogP contribution in [-0.4, -0.2) is 32.0 Å². The monoisotopic (exact) mass is 361 g/mol. The Hall–Kier alpha value is -2.34. The van der Waals surface area contributed by atoms with Crippen LogP contribution in [0.15, 0.2) is 47.4 Å². The molecule has 134 valence electrons. The van der Waals surface area contributed by atoms with Gasteiger partial charge in [-0.05, 0) is 56.3 Å². The van der Waals surface area contributed by atoms with E-state index in [4.69, 9.17) is 14.2 Å². The van der Waals surface area contributed by atoms with Crippen molar-refractivity contribution in [1.29, 1.82) is 0 Å². The molecular weight excluding hydrogens is 338 g/mol. The zero-order valence-corrected chi connectivity index (χ0v) is 15.7. The van der Waals surface area contributed by atoms with Crippen molar-refractivity contribution >= 4 is 23.4 Å². The van der Waals surface area contributed by atoms with Crippen LogP contribution in [0.3, 0.4) is 0 Å². The molecule has 2 aromatic carbocycles. The summed E-state index contributed by atoms with van der Waals surface area (Å²) in [5.41, 5.74) is 0.744. The molecule has 0 radical (unpaired) electrons. The normalized spacial score (nSPS) is 10.4. The van der Waals surface area contributed by atoms with Gasteiger partial charge in [0, 0.05) is 10.6 Å². The summed E-state index contributed by atoms with van der Waals surface area (Å²) >= 11 is 1.44. The predicted octanol–water partition coefficient (Wildman–Crippen LogP) is 4.22. The molecule has 0 saturated heterocycles. The van der Waals surface area contributed by atoms with E-state index in [2.05, 4.69) is 5.32 Å². The van der Waals surface area contributed by atoms with E-state index in [0.29, 0.717) is 17.3 Å². The molecule has 25 heavy (non-hydrogen) atoms. The number of carbonyl (C=O) groups excluding carboxylic acids is 1. The smallest absolute Gasteiger partial charge is 0.234 e. The first-order valence-corrected chi connectivity index (χ1v) is 8.91. The number of benzene rings is 2. The van der Waals surface area contributed by atoms with Gasteiger partial charge in [-0.25, -0.2) is 0 Å². The van der Waals surface area contributed by atoms with Crippen LogP contribution in [0.5, 0.6) is 17.2 Å². The molecule has 5 nitrogen and oxygen atoms in total. The van der Waals surface area contributed by atoms with Crippen molar-refractivity contribution in [1.82, 2.24) is 0 Å². The van der Waals surface area contributed by atoms with Gasteiger partial charge in [0.25, 0.3) is 0 Å². The molecule has 0 aliphatic carbocycles. The van der Waals surface area contributed by atoms with E-state index < -0.39 is 0 Å². The molecule has 0 fully saturated rings. The fraction of sp³-hybridized carbons (Fsp3) is 0.316. The highest BCUT2D eigenvalue weighted by atomic mass is 32.2. The van der Waals surface area contributed by atoms with Crippen molar-refractivity contribution in [3.8, 4) is 17.2 Å². The highest BCUT2D eigenvalue weighted by Gasteiger charge is 2.08. The summed E-state index contributed by atoms with van der Waals surface area (Å²) in [4.78, 5) is 13.0. The molecule has 2 rings (SSSR count). The van der Waals surface area contributed by atoms with Crippen LogP contribution in [0.2, 0.25) is 0 Å². The Morgan fingerprint density at radius 1 is 1.04 bits per heavy atom. The highest BCUT2D eigenvalue weighted by molar-refractivity contribution is 8.00. The number of amides is 1. The van der Waals surface area contributed by atoms with Crippen LogP contribution < -0.4 is 19.5 Å². The van der Waals surface area contributed by atoms with Crippen LogP contribution in [0.25, 0.3) is 0 Å². The first-order chi connectivity index (χ1) is 12.0. The molecule has 0 aromatic heterocycles. The Kier molecular flexibility index (Phi) is 7.01. The minimum Gasteiger partial charge on any atom is -0.493 e. The van der Waals surface area contributed by atoms with Crippen LogP contribution in [-0.2, 0) is 4.79 Å². The standard InChI is InChI=1S/C19H23NO4S/c1-13(2)24-15-7-5-14(6-8-15)20-19(21)12-25-16-9-10-17(22-3)18(11-16)23-4/h5-11,13H,12H2,1-4H3,(H,20,21). The number of ether oxygens (including phenoxy) is 3. The Morgan fingerprint density at radius 2 is 1.72 bits per heavy atom. The first-order valence-electron chi connectivity index (χ1n) is 7.93. The Morgan fingerprint density at radius 3 is 2.32 bits per heavy atom. The predicted molar refractivity (Wildman–Crippen MR) is 101 cm³/mol. The van der Waals surface area contributed by atoms with Gasteiger partial charge in [-0.15, -0.1) is 11.8 Å². The molecule has 6 heteroatoms. The minimum absolute atomic E-state index is 0.0719. The van der Waals surface area contributed by atoms with Gasteiger partial charge in [-0.3, -0.25) is 4.79 Å². The van der Waals surface area contributed by atoms with E-state index in [1.807, 2.05) is 56.3 Å². The molecule has 2 aromatic rings. The molecule has 1 amide bonds. The van der Waals surface area contributed by atoms with Crippen LogP contribution in [0, 0.1) is 0 Å². The summed E-state index contributed by atoms with van der Waals surface area (Å²) in [6, 6.07) is 12.9. The average molecular weight is 361 g/mol. The lowest BCUT2D eigenvalue weighted by molar-refractivity contribution is -0.113. The zero-order chi connectivity index (χ0) is 18.2. The van der Waals surface area contributed by atoms with E-state index in [9.17, 15) is 4.79 Å². The SMILES string of the molecule is COc1ccc(SCC(=O)Nc2ccc(OC(C)C)cc2)cc1OC. The number of rotatable bonds is 8. The van der Waals surface area contributed by atoms with Crippen LogP contribution in [0.1, 0.15) is 13.8 Å². The average Bonchev–Trinajstić information content (AvgIpc) is 2.61. The zero-order valence-electron chi connectivity index (χ0n) is 14.9.